The number of hydrogen-bond acceptors (Lipinski definition) is 5. The molecule has 7 nitrogen and oxygen atoms in total. The molecular formula is C24H18ClF4N5O2. The van der Waals surface area contributed by atoms with E-state index in [9.17, 15) is 27.2 Å². The zero-order valence-corrected chi connectivity index (χ0v) is 19.4. The first-order chi connectivity index (χ1) is 17.0. The fourth-order valence-corrected chi connectivity index (χ4v) is 4.56. The second-order valence-electron chi connectivity index (χ2n) is 8.76. The highest BCUT2D eigenvalue weighted by atomic mass is 35.5. The van der Waals surface area contributed by atoms with E-state index in [0.29, 0.717) is 18.4 Å². The first-order valence-corrected chi connectivity index (χ1v) is 11.3. The Morgan fingerprint density at radius 1 is 1.22 bits per heavy atom. The van der Waals surface area contributed by atoms with E-state index in [0.717, 1.165) is 17.0 Å². The standard InChI is InChI=1S/C24H18ClF4N5O2/c1-23(13-3-2-4-14(26)7-13)33-21(35)20-17(25)10-18(22(36)34(20)23)32-19-9-15(30-11-31-19)8-16(12-5-6-12)24(27,28)29/h2-4,7-12H,5-6H2,1H3,(H,33,35)(H,30,31,32)/b16-8-. The van der Waals surface area contributed by atoms with Crippen LogP contribution in [0.1, 0.15) is 41.5 Å². The number of anilines is 2. The Hall–Kier alpha value is -3.73. The van der Waals surface area contributed by atoms with Gasteiger partial charge in [-0.15, -0.1) is 0 Å². The van der Waals surface area contributed by atoms with Crippen LogP contribution in [0.5, 0.6) is 0 Å². The van der Waals surface area contributed by atoms with Crippen LogP contribution in [-0.2, 0) is 5.66 Å². The first kappa shape index (κ1) is 24.0. The number of nitrogens with zero attached hydrogens (tertiary/aromatic N) is 3. The molecule has 1 aliphatic carbocycles. The van der Waals surface area contributed by atoms with Gasteiger partial charge in [-0.3, -0.25) is 14.2 Å². The van der Waals surface area contributed by atoms with Crippen molar-refractivity contribution < 1.29 is 22.4 Å². The largest absolute Gasteiger partial charge is 0.413 e. The van der Waals surface area contributed by atoms with E-state index in [1.54, 1.807) is 6.07 Å². The number of alkyl halides is 3. The molecule has 2 aromatic heterocycles. The third kappa shape index (κ3) is 4.23. The average Bonchev–Trinajstić information content (AvgIpc) is 3.59. The number of rotatable bonds is 5. The molecule has 1 saturated carbocycles. The SMILES string of the molecule is CC1(c2cccc(F)c2)NC(=O)c2c(Cl)cc(Nc3cc(/C=C(/C4CC4)C(F)(F)F)ncn3)c(=O)n21. The molecule has 3 aromatic rings. The van der Waals surface area contributed by atoms with Crippen LogP contribution in [-0.4, -0.2) is 26.6 Å². The fraction of sp³-hybridized carbons (Fsp3) is 0.250. The van der Waals surface area contributed by atoms with Crippen LogP contribution in [0.15, 0.2) is 53.1 Å². The summed E-state index contributed by atoms with van der Waals surface area (Å²) in [5.74, 6) is -1.69. The molecule has 1 unspecified atom stereocenters. The summed E-state index contributed by atoms with van der Waals surface area (Å²) in [6.07, 6.45) is -1.52. The van der Waals surface area contributed by atoms with Crippen molar-refractivity contribution in [2.24, 2.45) is 5.92 Å². The molecule has 12 heteroatoms. The summed E-state index contributed by atoms with van der Waals surface area (Å²) in [5, 5.41) is 5.38. The van der Waals surface area contributed by atoms with Gasteiger partial charge < -0.3 is 10.6 Å². The molecule has 1 aromatic carbocycles. The number of carbonyl (C=O) groups is 1. The van der Waals surface area contributed by atoms with Crippen LogP contribution in [0.2, 0.25) is 5.02 Å². The minimum absolute atomic E-state index is 0.0144. The lowest BCUT2D eigenvalue weighted by atomic mass is 10.0. The van der Waals surface area contributed by atoms with Crippen molar-refractivity contribution >= 4 is 35.1 Å². The van der Waals surface area contributed by atoms with Gasteiger partial charge in [-0.2, -0.15) is 13.2 Å². The topological polar surface area (TPSA) is 88.9 Å². The Morgan fingerprint density at radius 2 is 1.97 bits per heavy atom. The first-order valence-electron chi connectivity index (χ1n) is 10.9. The van der Waals surface area contributed by atoms with Crippen LogP contribution in [0.25, 0.3) is 6.08 Å². The number of nitrogens with one attached hydrogen (secondary N) is 2. The maximum Gasteiger partial charge on any atom is 0.413 e. The molecule has 36 heavy (non-hydrogen) atoms. The summed E-state index contributed by atoms with van der Waals surface area (Å²) in [6.45, 7) is 1.53. The lowest BCUT2D eigenvalue weighted by Gasteiger charge is -2.28. The maximum atomic E-state index is 13.9. The third-order valence-electron chi connectivity index (χ3n) is 6.16. The third-order valence-corrected chi connectivity index (χ3v) is 6.45. The summed E-state index contributed by atoms with van der Waals surface area (Å²) in [6, 6.07) is 7.93. The summed E-state index contributed by atoms with van der Waals surface area (Å²) in [4.78, 5) is 34.1. The van der Waals surface area contributed by atoms with E-state index >= 15 is 0 Å². The fourth-order valence-electron chi connectivity index (χ4n) is 4.28. The van der Waals surface area contributed by atoms with Crippen LogP contribution in [0, 0.1) is 11.7 Å². The van der Waals surface area contributed by atoms with Crippen molar-refractivity contribution in [2.45, 2.75) is 31.6 Å². The lowest BCUT2D eigenvalue weighted by Crippen LogP contribution is -2.46. The van der Waals surface area contributed by atoms with E-state index in [1.807, 2.05) is 0 Å². The highest BCUT2D eigenvalue weighted by Gasteiger charge is 2.44. The number of aromatic nitrogens is 3. The molecule has 1 amide bonds. The van der Waals surface area contributed by atoms with E-state index in [2.05, 4.69) is 20.6 Å². The zero-order chi connectivity index (χ0) is 25.8. The molecule has 0 spiro atoms. The second kappa shape index (κ2) is 8.44. The van der Waals surface area contributed by atoms with Crippen molar-refractivity contribution in [3.63, 3.8) is 0 Å². The molecular weight excluding hydrogens is 502 g/mol. The molecule has 0 radical (unpaired) electrons. The van der Waals surface area contributed by atoms with Crippen molar-refractivity contribution in [2.75, 3.05) is 5.32 Å². The Labute approximate surface area is 206 Å². The van der Waals surface area contributed by atoms with Crippen LogP contribution < -0.4 is 16.2 Å². The minimum Gasteiger partial charge on any atom is -0.336 e. The van der Waals surface area contributed by atoms with Gasteiger partial charge in [-0.1, -0.05) is 23.7 Å². The summed E-state index contributed by atoms with van der Waals surface area (Å²) < 4.78 is 55.2. The molecule has 5 rings (SSSR count). The van der Waals surface area contributed by atoms with Gasteiger partial charge in [0.15, 0.2) is 0 Å². The predicted octanol–water partition coefficient (Wildman–Crippen LogP) is 4.99. The number of halogens is 5. The number of fused-ring (bicyclic) bond motifs is 1. The molecule has 2 aliphatic rings. The van der Waals surface area contributed by atoms with Gasteiger partial charge in [-0.25, -0.2) is 14.4 Å². The number of pyridine rings is 1. The van der Waals surface area contributed by atoms with E-state index in [1.165, 1.54) is 37.3 Å². The zero-order valence-electron chi connectivity index (χ0n) is 18.7. The van der Waals surface area contributed by atoms with Gasteiger partial charge in [-0.05, 0) is 50.0 Å². The van der Waals surface area contributed by atoms with Gasteiger partial charge >= 0.3 is 6.18 Å². The molecule has 0 bridgehead atoms. The van der Waals surface area contributed by atoms with Gasteiger partial charge in [0.2, 0.25) is 0 Å². The molecule has 1 aliphatic heterocycles. The normalized spacial score (nSPS) is 19.7. The van der Waals surface area contributed by atoms with Crippen LogP contribution >= 0.6 is 11.6 Å². The minimum atomic E-state index is -4.48. The Bertz CT molecular complexity index is 1480. The van der Waals surface area contributed by atoms with Gasteiger partial charge in [0.1, 0.15) is 35.0 Å². The molecule has 1 atom stereocenters. The maximum absolute atomic E-state index is 13.9. The van der Waals surface area contributed by atoms with Crippen molar-refractivity contribution in [3.05, 3.63) is 86.4 Å². The summed E-state index contributed by atoms with van der Waals surface area (Å²) in [7, 11) is 0. The average molecular weight is 520 g/mol. The Kier molecular flexibility index (Phi) is 5.62. The van der Waals surface area contributed by atoms with Crippen molar-refractivity contribution in [3.8, 4) is 0 Å². The number of hydrogen-bond donors (Lipinski definition) is 2. The van der Waals surface area contributed by atoms with E-state index in [4.69, 9.17) is 11.6 Å². The highest BCUT2D eigenvalue weighted by Crippen LogP contribution is 2.45. The van der Waals surface area contributed by atoms with Crippen molar-refractivity contribution in [1.82, 2.24) is 19.9 Å². The monoisotopic (exact) mass is 519 g/mol. The quantitative estimate of drug-likeness (QED) is 0.463. The van der Waals surface area contributed by atoms with Gasteiger partial charge in [0.25, 0.3) is 11.5 Å². The predicted molar refractivity (Wildman–Crippen MR) is 124 cm³/mol. The summed E-state index contributed by atoms with van der Waals surface area (Å²) in [5.41, 5.74) is -2.66. The lowest BCUT2D eigenvalue weighted by molar-refractivity contribution is -0.0944. The van der Waals surface area contributed by atoms with Crippen LogP contribution in [0.3, 0.4) is 0 Å². The van der Waals surface area contributed by atoms with Crippen molar-refractivity contribution in [1.29, 1.82) is 0 Å². The number of amides is 1. The summed E-state index contributed by atoms with van der Waals surface area (Å²) >= 11 is 6.34. The molecule has 1 fully saturated rings. The number of benzene rings is 1. The van der Waals surface area contributed by atoms with Crippen LogP contribution in [0.4, 0.5) is 29.1 Å². The van der Waals surface area contributed by atoms with E-state index < -0.39 is 40.6 Å². The molecule has 186 valence electrons. The van der Waals surface area contributed by atoms with E-state index in [-0.39, 0.29) is 27.9 Å². The Balaban J connectivity index is 1.55. The molecule has 2 N–H and O–H groups in total. The van der Waals surface area contributed by atoms with Gasteiger partial charge in [0, 0.05) is 17.2 Å². The molecule has 0 saturated heterocycles. The number of carbonyl (C=O) groups excluding carboxylic acids is 1. The van der Waals surface area contributed by atoms with Gasteiger partial charge in [0.05, 0.1) is 10.7 Å². The number of allylic oxidation sites excluding steroid dienone is 1. The second-order valence-corrected chi connectivity index (χ2v) is 9.16. The Morgan fingerprint density at radius 3 is 2.64 bits per heavy atom. The highest BCUT2D eigenvalue weighted by molar-refractivity contribution is 6.34. The smallest absolute Gasteiger partial charge is 0.336 e. The molecule has 3 heterocycles.